The third-order valence-electron chi connectivity index (χ3n) is 7.07. The van der Waals surface area contributed by atoms with Crippen molar-refractivity contribution in [2.45, 2.75) is 25.2 Å². The van der Waals surface area contributed by atoms with Crippen molar-refractivity contribution in [1.82, 2.24) is 9.80 Å². The van der Waals surface area contributed by atoms with Gasteiger partial charge in [0.25, 0.3) is 5.91 Å². The minimum absolute atomic E-state index is 0.0109. The molecule has 0 bridgehead atoms. The lowest BCUT2D eigenvalue weighted by Gasteiger charge is -2.42. The van der Waals surface area contributed by atoms with Gasteiger partial charge in [0, 0.05) is 37.8 Å². The minimum Gasteiger partial charge on any atom is -0.333 e. The first-order valence-electron chi connectivity index (χ1n) is 12.8. The molecule has 1 fully saturated rings. The summed E-state index contributed by atoms with van der Waals surface area (Å²) in [6, 6.07) is 32.6. The summed E-state index contributed by atoms with van der Waals surface area (Å²) < 4.78 is 40.4. The zero-order valence-corrected chi connectivity index (χ0v) is 20.9. The highest BCUT2D eigenvalue weighted by atomic mass is 19.4. The van der Waals surface area contributed by atoms with Gasteiger partial charge in [-0.15, -0.1) is 0 Å². The van der Waals surface area contributed by atoms with Crippen molar-refractivity contribution in [1.29, 1.82) is 0 Å². The van der Waals surface area contributed by atoms with Crippen molar-refractivity contribution >= 4 is 5.91 Å². The van der Waals surface area contributed by atoms with Crippen molar-refractivity contribution in [3.05, 3.63) is 131 Å². The molecule has 0 unspecified atom stereocenters. The molecule has 0 saturated carbocycles. The number of amides is 1. The van der Waals surface area contributed by atoms with Gasteiger partial charge in [-0.05, 0) is 46.9 Å². The van der Waals surface area contributed by atoms with Gasteiger partial charge in [0.2, 0.25) is 0 Å². The molecular formula is C32H29F3N2O. The molecule has 1 heterocycles. The van der Waals surface area contributed by atoms with Crippen LogP contribution in [0.15, 0.2) is 109 Å². The molecule has 4 aromatic rings. The molecule has 0 aliphatic carbocycles. The van der Waals surface area contributed by atoms with E-state index in [2.05, 4.69) is 17.0 Å². The van der Waals surface area contributed by atoms with E-state index in [0.717, 1.165) is 24.6 Å². The number of nitrogens with zero attached hydrogens (tertiary/aromatic N) is 2. The molecule has 0 aromatic heterocycles. The predicted molar refractivity (Wildman–Crippen MR) is 144 cm³/mol. The molecule has 38 heavy (non-hydrogen) atoms. The first-order chi connectivity index (χ1) is 18.4. The molecule has 6 heteroatoms. The van der Waals surface area contributed by atoms with Gasteiger partial charge >= 0.3 is 6.18 Å². The van der Waals surface area contributed by atoms with Crippen molar-refractivity contribution in [2.75, 3.05) is 19.6 Å². The van der Waals surface area contributed by atoms with E-state index in [-0.39, 0.29) is 17.5 Å². The summed E-state index contributed by atoms with van der Waals surface area (Å²) in [5, 5.41) is 0. The number of alkyl halides is 3. The van der Waals surface area contributed by atoms with E-state index >= 15 is 0 Å². The number of rotatable bonds is 6. The van der Waals surface area contributed by atoms with Gasteiger partial charge in [-0.1, -0.05) is 91.0 Å². The standard InChI is InChI=1S/C32H29F3N2O/c33-32(34,35)30-14-8-7-13-29(30)26-17-15-25(16-18-26)22-36-19-20-37(31(38)27-11-5-2-6-12-27)28(23-36)21-24-9-3-1-4-10-24/h1-18,28H,19-23H2/t28-/m0/s1. The lowest BCUT2D eigenvalue weighted by Crippen LogP contribution is -2.55. The van der Waals surface area contributed by atoms with E-state index in [1.54, 1.807) is 18.2 Å². The van der Waals surface area contributed by atoms with Gasteiger partial charge in [-0.25, -0.2) is 0 Å². The third-order valence-corrected chi connectivity index (χ3v) is 7.07. The molecule has 4 aromatic carbocycles. The Morgan fingerprint density at radius 2 is 1.37 bits per heavy atom. The average molecular weight is 515 g/mol. The molecule has 1 aliphatic rings. The number of hydrogen-bond donors (Lipinski definition) is 0. The fourth-order valence-corrected chi connectivity index (χ4v) is 5.17. The molecule has 3 nitrogen and oxygen atoms in total. The molecule has 1 aliphatic heterocycles. The average Bonchev–Trinajstić information content (AvgIpc) is 2.94. The number of benzene rings is 4. The predicted octanol–water partition coefficient (Wildman–Crippen LogP) is 6.94. The topological polar surface area (TPSA) is 23.6 Å². The second kappa shape index (κ2) is 11.2. The fourth-order valence-electron chi connectivity index (χ4n) is 5.17. The highest BCUT2D eigenvalue weighted by molar-refractivity contribution is 5.94. The zero-order valence-electron chi connectivity index (χ0n) is 20.9. The van der Waals surface area contributed by atoms with Crippen LogP contribution in [0, 0.1) is 0 Å². The molecule has 1 saturated heterocycles. The van der Waals surface area contributed by atoms with Crippen molar-refractivity contribution < 1.29 is 18.0 Å². The SMILES string of the molecule is O=C(c1ccccc1)N1CCN(Cc2ccc(-c3ccccc3C(F)(F)F)cc2)C[C@@H]1Cc1ccccc1. The molecule has 0 radical (unpaired) electrons. The zero-order chi connectivity index (χ0) is 26.5. The Kier molecular flexibility index (Phi) is 7.61. The van der Waals surface area contributed by atoms with Crippen molar-refractivity contribution in [2.24, 2.45) is 0 Å². The summed E-state index contributed by atoms with van der Waals surface area (Å²) in [6.45, 7) is 2.72. The summed E-state index contributed by atoms with van der Waals surface area (Å²) in [5.74, 6) is 0.0406. The third kappa shape index (κ3) is 5.97. The number of carbonyl (C=O) groups excluding carboxylic acids is 1. The van der Waals surface area contributed by atoms with Crippen LogP contribution in [0.5, 0.6) is 0 Å². The molecule has 0 N–H and O–H groups in total. The van der Waals surface area contributed by atoms with E-state index in [0.29, 0.717) is 30.8 Å². The highest BCUT2D eigenvalue weighted by Crippen LogP contribution is 2.37. The van der Waals surface area contributed by atoms with Crippen LogP contribution in [0.4, 0.5) is 13.2 Å². The van der Waals surface area contributed by atoms with E-state index in [1.807, 2.05) is 65.6 Å². The second-order valence-electron chi connectivity index (χ2n) is 9.68. The van der Waals surface area contributed by atoms with Crippen molar-refractivity contribution in [3.63, 3.8) is 0 Å². The Morgan fingerprint density at radius 1 is 0.737 bits per heavy atom. The molecule has 1 amide bonds. The molecule has 194 valence electrons. The van der Waals surface area contributed by atoms with Gasteiger partial charge < -0.3 is 4.90 Å². The van der Waals surface area contributed by atoms with Crippen LogP contribution in [0.3, 0.4) is 0 Å². The lowest BCUT2D eigenvalue weighted by atomic mass is 9.98. The smallest absolute Gasteiger partial charge is 0.333 e. The van der Waals surface area contributed by atoms with Crippen molar-refractivity contribution in [3.8, 4) is 11.1 Å². The Balaban J connectivity index is 1.32. The number of halogens is 3. The monoisotopic (exact) mass is 514 g/mol. The van der Waals surface area contributed by atoms with Gasteiger partial charge in [0.15, 0.2) is 0 Å². The van der Waals surface area contributed by atoms with Crippen LogP contribution >= 0.6 is 0 Å². The lowest BCUT2D eigenvalue weighted by molar-refractivity contribution is -0.137. The number of carbonyl (C=O) groups is 1. The normalized spacial score (nSPS) is 16.4. The first kappa shape index (κ1) is 25.7. The van der Waals surface area contributed by atoms with Crippen LogP contribution in [0.25, 0.3) is 11.1 Å². The Bertz CT molecular complexity index is 1360. The van der Waals surface area contributed by atoms with E-state index in [1.165, 1.54) is 17.7 Å². The van der Waals surface area contributed by atoms with Gasteiger partial charge in [0.05, 0.1) is 5.56 Å². The van der Waals surface area contributed by atoms with Crippen LogP contribution < -0.4 is 0 Å². The molecule has 0 spiro atoms. The Morgan fingerprint density at radius 3 is 2.05 bits per heavy atom. The first-order valence-corrected chi connectivity index (χ1v) is 12.8. The van der Waals surface area contributed by atoms with Gasteiger partial charge in [-0.3, -0.25) is 9.69 Å². The van der Waals surface area contributed by atoms with Crippen LogP contribution in [0.2, 0.25) is 0 Å². The van der Waals surface area contributed by atoms with Crippen LogP contribution in [-0.4, -0.2) is 41.4 Å². The molecule has 5 rings (SSSR count). The Hall–Kier alpha value is -3.90. The van der Waals surface area contributed by atoms with E-state index < -0.39 is 11.7 Å². The fraction of sp³-hybridized carbons (Fsp3) is 0.219. The molecular weight excluding hydrogens is 485 g/mol. The summed E-state index contributed by atoms with van der Waals surface area (Å²) in [6.07, 6.45) is -3.65. The summed E-state index contributed by atoms with van der Waals surface area (Å²) >= 11 is 0. The van der Waals surface area contributed by atoms with Gasteiger partial charge in [-0.2, -0.15) is 13.2 Å². The number of piperazine rings is 1. The summed E-state index contributed by atoms with van der Waals surface area (Å²) in [7, 11) is 0. The van der Waals surface area contributed by atoms with E-state index in [9.17, 15) is 18.0 Å². The van der Waals surface area contributed by atoms with Crippen LogP contribution in [0.1, 0.15) is 27.0 Å². The quantitative estimate of drug-likeness (QED) is 0.278. The maximum absolute atomic E-state index is 13.5. The summed E-state index contributed by atoms with van der Waals surface area (Å²) in [5.41, 5.74) is 2.99. The molecule has 1 atom stereocenters. The largest absolute Gasteiger partial charge is 0.417 e. The highest BCUT2D eigenvalue weighted by Gasteiger charge is 2.33. The van der Waals surface area contributed by atoms with Gasteiger partial charge in [0.1, 0.15) is 0 Å². The number of hydrogen-bond acceptors (Lipinski definition) is 2. The van der Waals surface area contributed by atoms with E-state index in [4.69, 9.17) is 0 Å². The Labute approximate surface area is 221 Å². The second-order valence-corrected chi connectivity index (χ2v) is 9.68. The minimum atomic E-state index is -4.40. The maximum atomic E-state index is 13.5. The summed E-state index contributed by atoms with van der Waals surface area (Å²) in [4.78, 5) is 17.7. The maximum Gasteiger partial charge on any atom is 0.417 e. The van der Waals surface area contributed by atoms with Crippen LogP contribution in [-0.2, 0) is 19.1 Å².